The van der Waals surface area contributed by atoms with Crippen LogP contribution in [0.2, 0.25) is 0 Å². The van der Waals surface area contributed by atoms with Crippen LogP contribution in [-0.2, 0) is 8.87 Å². The van der Waals surface area contributed by atoms with Crippen LogP contribution in [0.5, 0.6) is 0 Å². The Labute approximate surface area is 784 Å². The molecule has 0 aliphatic heterocycles. The van der Waals surface area contributed by atoms with E-state index >= 15 is 0 Å². The van der Waals surface area contributed by atoms with Crippen molar-refractivity contribution in [2.75, 3.05) is 0 Å². The Kier molecular flexibility index (Phi) is 112. The second-order valence-electron chi connectivity index (χ2n) is 15.8. The third kappa shape index (κ3) is 51.6. The van der Waals surface area contributed by atoms with Gasteiger partial charge in [0.05, 0.1) is 0 Å². The molecule has 0 N–H and O–H groups in total. The molecule has 0 aliphatic rings. The van der Waals surface area contributed by atoms with Gasteiger partial charge >= 0.3 is 0 Å². The van der Waals surface area contributed by atoms with Gasteiger partial charge in [0, 0.05) is 27.9 Å². The van der Waals surface area contributed by atoms with Gasteiger partial charge < -0.3 is 8.87 Å². The summed E-state index contributed by atoms with van der Waals surface area (Å²) in [5.41, 5.74) is 0. The highest BCUT2D eigenvalue weighted by Gasteiger charge is 2.56. The summed E-state index contributed by atoms with van der Waals surface area (Å²) in [6.45, 7) is -18.0. The molecule has 53 unspecified atom stereocenters. The SMILES string of the molecule is PP(P)P(P(P)P)P(P(P)P)P(P(P(P)P)P(P)P)P(P(P(P(P)P)P(P)P)P(P(P)P)P(P)P)[S-](=PP(P(P(P(P)P)P(P)P)P(P(P)P)P(P)P)P(P(P(P)P)P(P)P)P(P(P)P)P(P)P)=PP(P(P(P(P)P)P(P)P)P(P(P)P)P(P)P)P(P(P(P)P)P(P)P)P(P(P)P)P(P)P. The lowest BCUT2D eigenvalue weighted by Gasteiger charge is -2.59. The van der Waals surface area contributed by atoms with Crippen LogP contribution in [0, 0.1) is 0 Å². The van der Waals surface area contributed by atoms with Gasteiger partial charge in [-0.05, 0) is 293 Å². The van der Waals surface area contributed by atoms with Gasteiger partial charge in [0.2, 0.25) is 0 Å². The molecule has 0 saturated carbocycles. The summed E-state index contributed by atoms with van der Waals surface area (Å²) in [6, 6.07) is 0. The number of hydrogen-bond donors (Lipinski definition) is 0. The highest BCUT2D eigenvalue weighted by Crippen LogP contribution is 3.44. The summed E-state index contributed by atoms with van der Waals surface area (Å²) >= 11 is 0. The van der Waals surface area contributed by atoms with E-state index in [1.807, 2.05) is 0 Å². The quantitative estimate of drug-likeness (QED) is 0.0421. The summed E-state index contributed by atoms with van der Waals surface area (Å²) in [4.78, 5) is 0. The van der Waals surface area contributed by atoms with Gasteiger partial charge in [-0.2, -0.15) is 0 Å². The van der Waals surface area contributed by atoms with E-state index in [-0.39, 0.29) is 225 Å². The largest absolute Gasteiger partial charge is 0.378 e. The van der Waals surface area contributed by atoms with Crippen LogP contribution in [0.15, 0.2) is 0 Å². The van der Waals surface area contributed by atoms with Crippen molar-refractivity contribution < 1.29 is 0 Å². The van der Waals surface area contributed by atoms with Crippen LogP contribution in [0.25, 0.3) is 0 Å². The van der Waals surface area contributed by atoms with E-state index in [2.05, 4.69) is 461 Å². The zero-order chi connectivity index (χ0) is 79.1. The van der Waals surface area contributed by atoms with Crippen molar-refractivity contribution in [3.63, 3.8) is 0 Å². The summed E-state index contributed by atoms with van der Waals surface area (Å²) < 4.78 is 0. The molecule has 0 aromatic rings. The van der Waals surface area contributed by atoms with Crippen molar-refractivity contribution >= 4 is 797 Å². The lowest BCUT2D eigenvalue weighted by Crippen LogP contribution is -1.72. The molecule has 0 nitrogen and oxygen atoms in total. The summed E-state index contributed by atoms with van der Waals surface area (Å²) in [5, 5.41) is 0. The van der Waals surface area contributed by atoms with Crippen LogP contribution in [-0.4, -0.2) is 0 Å². The molecule has 0 spiro atoms. The molecule has 0 amide bonds. The zero-order valence-electron chi connectivity index (χ0n) is 51.2. The zero-order valence-corrected chi connectivity index (χ0v) is 154. The maximum absolute atomic E-state index is 3.81. The van der Waals surface area contributed by atoms with Gasteiger partial charge in [0.1, 0.15) is 0 Å². The summed E-state index contributed by atoms with van der Waals surface area (Å²) in [6.07, 6.45) is 0. The molecule has 100 heavy (non-hydrogen) atoms. The maximum atomic E-state index is 3.81. The predicted octanol–water partition coefficient (Wildman–Crippen LogP) is 58.5. The minimum absolute atomic E-state index is 0.125. The Hall–Kier alpha value is 42.7. The van der Waals surface area contributed by atoms with Crippen molar-refractivity contribution in [3.8, 4) is 0 Å². The Balaban J connectivity index is 14.2. The Morgan fingerprint density at radius 1 is 0.110 bits per heavy atom. The van der Waals surface area contributed by atoms with Gasteiger partial charge in [-0.1, -0.05) is 0 Å². The second-order valence-corrected chi connectivity index (χ2v) is 426. The lowest BCUT2D eigenvalue weighted by atomic mass is 28.5. The van der Waals surface area contributed by atoms with E-state index < -0.39 is 111 Å². The van der Waals surface area contributed by atoms with Crippen molar-refractivity contribution in [3.05, 3.63) is 0 Å². The molecule has 0 rings (SSSR count). The molecule has 53 atom stereocenters. The number of hydrogen-bond acceptors (Lipinski definition) is 1. The Bertz CT molecular complexity index is 1810. The third-order valence-corrected chi connectivity index (χ3v) is 699. The standard InChI is InChI=1S/H100P99S/c1-53(2)80(54(3)4)92(77(49)50)98(91(75(45)46)76(47)48)99(97(89(71(37)38)72(39)40)90(73(41)42)74(43)44)100(51-78(93(81(55(5)6)56(7)8)82(57(9)10)58(11)12)94(83(59(13)14)60(15)16)84(61(17)18)62(19)20)52-79(95(85(63(21)22)64(23)24)86(65(25)26)66(27)28)96(87(67(29)30)68(31)32)88(69(33)34)70(35)36/h1-50H2/q-1. The Morgan fingerprint density at radius 3 is 0.310 bits per heavy atom. The van der Waals surface area contributed by atoms with E-state index in [4.69, 9.17) is 0 Å². The van der Waals surface area contributed by atoms with Crippen LogP contribution < -0.4 is 0 Å². The van der Waals surface area contributed by atoms with Gasteiger partial charge in [0.25, 0.3) is 0 Å². The lowest BCUT2D eigenvalue weighted by molar-refractivity contribution is 4.40. The summed E-state index contributed by atoms with van der Waals surface area (Å²) in [7, 11) is 190. The van der Waals surface area contributed by atoms with Crippen molar-refractivity contribution in [2.45, 2.75) is 0 Å². The fourth-order valence-electron chi connectivity index (χ4n) is 5.87. The molecule has 602 valence electrons. The van der Waals surface area contributed by atoms with E-state index in [9.17, 15) is 0 Å². The highest BCUT2D eigenvalue weighted by molar-refractivity contribution is 9.53. The van der Waals surface area contributed by atoms with Gasteiger partial charge in [-0.15, -0.1) is 453 Å². The van der Waals surface area contributed by atoms with E-state index in [1.54, 1.807) is 0 Å². The smallest absolute Gasteiger partial charge is 0.00114 e. The topological polar surface area (TPSA) is 0 Å². The van der Waals surface area contributed by atoms with Gasteiger partial charge in [-0.25, -0.2) is 14.1 Å². The van der Waals surface area contributed by atoms with E-state index in [0.29, 0.717) is 0 Å². The van der Waals surface area contributed by atoms with Crippen molar-refractivity contribution in [1.82, 2.24) is 0 Å². The van der Waals surface area contributed by atoms with E-state index in [0.717, 1.165) is 0 Å². The molecule has 0 aromatic heterocycles. The molecule has 0 bridgehead atoms. The fourth-order valence-corrected chi connectivity index (χ4v) is 1430. The molecular weight excluding hydrogens is 3100 g/mol. The van der Waals surface area contributed by atoms with Crippen LogP contribution in [0.3, 0.4) is 0 Å². The minimum atomic E-state index is -0.557. The normalized spacial score (nSPS) is 15.9. The first-order chi connectivity index (χ1) is 45.5. The molecular formula is H100P99S-. The monoisotopic (exact) mass is 3200 g/mol. The first-order valence-corrected chi connectivity index (χ1v) is 204. The van der Waals surface area contributed by atoms with Crippen LogP contribution in [0.4, 0.5) is 0 Å². The van der Waals surface area contributed by atoms with Crippen molar-refractivity contribution in [2.24, 2.45) is 0 Å². The highest BCUT2D eigenvalue weighted by atomic mass is 33.6. The second kappa shape index (κ2) is 78.7. The molecule has 0 saturated heterocycles. The average molecular weight is 3200 g/mol. The molecule has 0 aliphatic carbocycles. The first-order valence-electron chi connectivity index (χ1n) is 22.7. The van der Waals surface area contributed by atoms with E-state index in [1.165, 1.54) is 0 Å². The molecule has 0 radical (unpaired) electrons. The van der Waals surface area contributed by atoms with Crippen LogP contribution >= 0.6 is 788 Å². The number of rotatable bonds is 47. The van der Waals surface area contributed by atoms with Crippen molar-refractivity contribution in [1.29, 1.82) is 0 Å². The minimum Gasteiger partial charge on any atom is -0.378 e. The summed E-state index contributed by atoms with van der Waals surface area (Å²) in [5.74, 6) is 0. The maximum Gasteiger partial charge on any atom is 0.00114 e. The predicted molar refractivity (Wildman–Crippen MR) is 832 cm³/mol. The molecule has 100 heteroatoms. The fraction of sp³-hybridized carbons (Fsp3) is 0. The molecule has 0 aromatic carbocycles. The Morgan fingerprint density at radius 2 is 0.200 bits per heavy atom. The average Bonchev–Trinajstić information content (AvgIpc) is 3.39. The van der Waals surface area contributed by atoms with Gasteiger partial charge in [-0.3, -0.25) is 0 Å². The van der Waals surface area contributed by atoms with Crippen LogP contribution in [0.1, 0.15) is 0 Å². The van der Waals surface area contributed by atoms with Gasteiger partial charge in [0.15, 0.2) is 0 Å². The molecule has 0 heterocycles. The molecule has 0 fully saturated rings. The first kappa shape index (κ1) is 143. The third-order valence-electron chi connectivity index (χ3n) is 8.63.